The first kappa shape index (κ1) is 23.1. The second-order valence-corrected chi connectivity index (χ2v) is 10.3. The largest absolute Gasteiger partial charge is 0.357 e. The molecular weight excluding hydrogens is 600 g/mol. The summed E-state index contributed by atoms with van der Waals surface area (Å²) in [6.45, 7) is 16.5. The van der Waals surface area contributed by atoms with Crippen LogP contribution in [0.15, 0.2) is 66.5 Å². The van der Waals surface area contributed by atoms with E-state index >= 15 is 0 Å². The highest BCUT2D eigenvalue weighted by molar-refractivity contribution is 9.11. The van der Waals surface area contributed by atoms with Gasteiger partial charge in [-0.15, -0.1) is 0 Å². The zero-order chi connectivity index (χ0) is 20.5. The van der Waals surface area contributed by atoms with Gasteiger partial charge < -0.3 is 4.74 Å². The van der Waals surface area contributed by atoms with E-state index in [4.69, 9.17) is 4.74 Å². The molecule has 2 unspecified atom stereocenters. The third-order valence-corrected chi connectivity index (χ3v) is 6.76. The average Bonchev–Trinajstić information content (AvgIpc) is 2.49. The van der Waals surface area contributed by atoms with E-state index in [9.17, 15) is 0 Å². The molecule has 0 amide bonds. The third kappa shape index (κ3) is 5.45. The average molecular weight is 622 g/mol. The summed E-state index contributed by atoms with van der Waals surface area (Å²) < 4.78 is 10.6. The van der Waals surface area contributed by atoms with Gasteiger partial charge in [0, 0.05) is 29.0 Å². The SMILES string of the molecule is C=C(C)C(OC(C(=C)C)c1c(Br)cc(C)cc1Br)c1c(Br)cc(C)cc1Br. The molecule has 1 nitrogen and oxygen atoms in total. The number of halogens is 4. The summed E-state index contributed by atoms with van der Waals surface area (Å²) in [5, 5.41) is 0. The molecule has 0 radical (unpaired) electrons. The molecule has 27 heavy (non-hydrogen) atoms. The summed E-state index contributed by atoms with van der Waals surface area (Å²) in [4.78, 5) is 0. The van der Waals surface area contributed by atoms with Crippen molar-refractivity contribution in [1.29, 1.82) is 0 Å². The van der Waals surface area contributed by atoms with Crippen LogP contribution in [0.25, 0.3) is 0 Å². The minimum absolute atomic E-state index is 0.295. The van der Waals surface area contributed by atoms with Crippen LogP contribution < -0.4 is 0 Å². The van der Waals surface area contributed by atoms with E-state index in [0.717, 1.165) is 40.2 Å². The molecule has 0 fully saturated rings. The van der Waals surface area contributed by atoms with Crippen molar-refractivity contribution in [2.24, 2.45) is 0 Å². The molecule has 0 aliphatic rings. The molecule has 0 aliphatic heterocycles. The summed E-state index contributed by atoms with van der Waals surface area (Å²) in [6, 6.07) is 8.36. The van der Waals surface area contributed by atoms with E-state index < -0.39 is 0 Å². The molecule has 0 saturated heterocycles. The number of hydrogen-bond donors (Lipinski definition) is 0. The summed E-state index contributed by atoms with van der Waals surface area (Å²) >= 11 is 14.8. The van der Waals surface area contributed by atoms with E-state index in [2.05, 4.69) is 115 Å². The van der Waals surface area contributed by atoms with Crippen molar-refractivity contribution in [2.45, 2.75) is 39.9 Å². The highest BCUT2D eigenvalue weighted by Gasteiger charge is 2.27. The fraction of sp³-hybridized carbons (Fsp3) is 0.273. The van der Waals surface area contributed by atoms with E-state index in [0.29, 0.717) is 0 Å². The Labute approximate surface area is 195 Å². The molecule has 2 aromatic carbocycles. The number of rotatable bonds is 6. The van der Waals surface area contributed by atoms with Crippen molar-refractivity contribution in [1.82, 2.24) is 0 Å². The monoisotopic (exact) mass is 618 g/mol. The first-order valence-electron chi connectivity index (χ1n) is 8.40. The van der Waals surface area contributed by atoms with Gasteiger partial charge in [0.25, 0.3) is 0 Å². The van der Waals surface area contributed by atoms with Crippen molar-refractivity contribution in [3.63, 3.8) is 0 Å². The molecule has 0 spiro atoms. The number of aryl methyl sites for hydroxylation is 2. The van der Waals surface area contributed by atoms with Gasteiger partial charge in [0.15, 0.2) is 0 Å². The number of hydrogen-bond acceptors (Lipinski definition) is 1. The van der Waals surface area contributed by atoms with Crippen LogP contribution in [0.2, 0.25) is 0 Å². The zero-order valence-corrected chi connectivity index (χ0v) is 22.1. The summed E-state index contributed by atoms with van der Waals surface area (Å²) in [5.41, 5.74) is 6.23. The first-order chi connectivity index (χ1) is 12.5. The topological polar surface area (TPSA) is 9.23 Å². The van der Waals surface area contributed by atoms with E-state index in [1.807, 2.05) is 13.8 Å². The van der Waals surface area contributed by atoms with Crippen molar-refractivity contribution in [3.05, 3.63) is 88.7 Å². The molecule has 0 saturated carbocycles. The normalized spacial score (nSPS) is 13.3. The van der Waals surface area contributed by atoms with E-state index in [1.54, 1.807) is 0 Å². The minimum Gasteiger partial charge on any atom is -0.357 e. The first-order valence-corrected chi connectivity index (χ1v) is 11.6. The molecule has 2 aromatic rings. The lowest BCUT2D eigenvalue weighted by Gasteiger charge is -2.29. The predicted octanol–water partition coefficient (Wildman–Crippen LogP) is 9.30. The molecular formula is C22H22Br4O. The van der Waals surface area contributed by atoms with Crippen LogP contribution in [0.4, 0.5) is 0 Å². The lowest BCUT2D eigenvalue weighted by atomic mass is 9.99. The number of ether oxygens (including phenoxy) is 1. The molecule has 0 aromatic heterocycles. The second kappa shape index (κ2) is 9.53. The van der Waals surface area contributed by atoms with Gasteiger partial charge in [0.2, 0.25) is 0 Å². The Morgan fingerprint density at radius 1 is 0.704 bits per heavy atom. The highest BCUT2D eigenvalue weighted by atomic mass is 79.9. The van der Waals surface area contributed by atoms with Crippen LogP contribution in [0, 0.1) is 13.8 Å². The Morgan fingerprint density at radius 2 is 0.963 bits per heavy atom. The van der Waals surface area contributed by atoms with Crippen LogP contribution in [-0.4, -0.2) is 0 Å². The van der Waals surface area contributed by atoms with E-state index in [-0.39, 0.29) is 12.2 Å². The Bertz CT molecular complexity index is 782. The van der Waals surface area contributed by atoms with Gasteiger partial charge in [-0.1, -0.05) is 76.9 Å². The minimum atomic E-state index is -0.295. The standard InChI is InChI=1S/C22H22Br4O/c1-11(2)21(19-15(23)7-13(5)8-16(19)24)27-22(12(3)4)20-17(25)9-14(6)10-18(20)26/h7-10,21-22H,1,3H2,2,4-6H3. The summed E-state index contributed by atoms with van der Waals surface area (Å²) in [7, 11) is 0. The molecule has 144 valence electrons. The molecule has 0 aliphatic carbocycles. The van der Waals surface area contributed by atoms with Gasteiger partial charge in [-0.3, -0.25) is 0 Å². The quantitative estimate of drug-likeness (QED) is 0.292. The molecule has 0 bridgehead atoms. The van der Waals surface area contributed by atoms with Gasteiger partial charge in [-0.2, -0.15) is 0 Å². The van der Waals surface area contributed by atoms with Crippen molar-refractivity contribution >= 4 is 63.7 Å². The van der Waals surface area contributed by atoms with Gasteiger partial charge in [-0.25, -0.2) is 0 Å². The lowest BCUT2D eigenvalue weighted by molar-refractivity contribution is 0.0252. The Balaban J connectivity index is 2.57. The predicted molar refractivity (Wildman–Crippen MR) is 129 cm³/mol. The summed E-state index contributed by atoms with van der Waals surface area (Å²) in [5.74, 6) is 0. The molecule has 0 heterocycles. The van der Waals surface area contributed by atoms with Gasteiger partial charge >= 0.3 is 0 Å². The van der Waals surface area contributed by atoms with Gasteiger partial charge in [0.1, 0.15) is 12.2 Å². The third-order valence-electron chi connectivity index (χ3n) is 4.14. The zero-order valence-electron chi connectivity index (χ0n) is 15.8. The molecule has 2 rings (SSSR count). The van der Waals surface area contributed by atoms with Crippen molar-refractivity contribution in [3.8, 4) is 0 Å². The molecule has 2 atom stereocenters. The van der Waals surface area contributed by atoms with E-state index in [1.165, 1.54) is 11.1 Å². The maximum Gasteiger partial charge on any atom is 0.106 e. The van der Waals surface area contributed by atoms with Gasteiger partial charge in [0.05, 0.1) is 0 Å². The highest BCUT2D eigenvalue weighted by Crippen LogP contribution is 2.44. The van der Waals surface area contributed by atoms with Gasteiger partial charge in [-0.05, 0) is 74.2 Å². The Morgan fingerprint density at radius 3 is 1.19 bits per heavy atom. The fourth-order valence-electron chi connectivity index (χ4n) is 2.92. The Kier molecular flexibility index (Phi) is 8.15. The smallest absolute Gasteiger partial charge is 0.106 e. The maximum atomic E-state index is 6.63. The maximum absolute atomic E-state index is 6.63. The van der Waals surface area contributed by atoms with Crippen LogP contribution in [0.3, 0.4) is 0 Å². The second-order valence-electron chi connectivity index (χ2n) is 6.87. The van der Waals surface area contributed by atoms with Crippen LogP contribution >= 0.6 is 63.7 Å². The molecule has 0 N–H and O–H groups in total. The number of benzene rings is 2. The fourth-order valence-corrected chi connectivity index (χ4v) is 6.58. The summed E-state index contributed by atoms with van der Waals surface area (Å²) in [6.07, 6.45) is -0.590. The lowest BCUT2D eigenvalue weighted by Crippen LogP contribution is -2.14. The van der Waals surface area contributed by atoms with Crippen LogP contribution in [0.5, 0.6) is 0 Å². The molecule has 5 heteroatoms. The Hall–Kier alpha value is -0.200. The van der Waals surface area contributed by atoms with Crippen molar-refractivity contribution in [2.75, 3.05) is 0 Å². The van der Waals surface area contributed by atoms with Crippen LogP contribution in [0.1, 0.15) is 48.3 Å². The van der Waals surface area contributed by atoms with Crippen LogP contribution in [-0.2, 0) is 4.74 Å². The van der Waals surface area contributed by atoms with Crippen molar-refractivity contribution < 1.29 is 4.74 Å².